The van der Waals surface area contributed by atoms with Crippen LogP contribution in [0.1, 0.15) is 12.8 Å². The summed E-state index contributed by atoms with van der Waals surface area (Å²) in [5.41, 5.74) is 11.2. The van der Waals surface area contributed by atoms with Crippen LogP contribution in [0.25, 0.3) is 0 Å². The lowest BCUT2D eigenvalue weighted by Gasteiger charge is -2.23. The molecule has 2 unspecified atom stereocenters. The molecular weight excluding hydrogens is 184 g/mol. The Morgan fingerprint density at radius 1 is 1.57 bits per heavy atom. The first-order valence-electron chi connectivity index (χ1n) is 4.61. The Morgan fingerprint density at radius 3 is 2.79 bits per heavy atom. The SMILES string of the molecule is NC(CCC(N)N1C=NCC1)C(=O)O. The predicted octanol–water partition coefficient (Wildman–Crippen LogP) is -1.19. The standard InChI is InChI=1S/C8H16N4O2/c9-6(8(13)14)1-2-7(10)12-4-3-11-5-12/h5-7H,1-4,9-10H2,(H,13,14). The summed E-state index contributed by atoms with van der Waals surface area (Å²) >= 11 is 0. The van der Waals surface area contributed by atoms with E-state index in [1.807, 2.05) is 4.90 Å². The first-order chi connectivity index (χ1) is 6.61. The number of hydrogen-bond acceptors (Lipinski definition) is 5. The molecule has 1 heterocycles. The number of aliphatic carboxylic acids is 1. The normalized spacial score (nSPS) is 19.7. The van der Waals surface area contributed by atoms with Crippen molar-refractivity contribution in [1.82, 2.24) is 4.90 Å². The Hall–Kier alpha value is -1.14. The van der Waals surface area contributed by atoms with E-state index in [1.54, 1.807) is 6.34 Å². The highest BCUT2D eigenvalue weighted by Gasteiger charge is 2.17. The van der Waals surface area contributed by atoms with E-state index in [9.17, 15) is 4.79 Å². The second-order valence-corrected chi connectivity index (χ2v) is 3.35. The van der Waals surface area contributed by atoms with Crippen molar-refractivity contribution in [2.24, 2.45) is 16.5 Å². The van der Waals surface area contributed by atoms with Gasteiger partial charge in [-0.05, 0) is 12.8 Å². The number of carboxylic acids is 1. The highest BCUT2D eigenvalue weighted by molar-refractivity contribution is 5.72. The van der Waals surface area contributed by atoms with Crippen LogP contribution in [0.2, 0.25) is 0 Å². The lowest BCUT2D eigenvalue weighted by molar-refractivity contribution is -0.138. The molecule has 0 bridgehead atoms. The molecule has 0 aliphatic carbocycles. The van der Waals surface area contributed by atoms with E-state index in [1.165, 1.54) is 0 Å². The Bertz CT molecular complexity index is 231. The summed E-state index contributed by atoms with van der Waals surface area (Å²) < 4.78 is 0. The number of hydrogen-bond donors (Lipinski definition) is 3. The summed E-state index contributed by atoms with van der Waals surface area (Å²) in [6, 6.07) is -0.819. The number of aliphatic imine (C=N–C) groups is 1. The molecular formula is C8H16N4O2. The maximum Gasteiger partial charge on any atom is 0.320 e. The maximum atomic E-state index is 10.4. The molecule has 2 atom stereocenters. The van der Waals surface area contributed by atoms with Crippen LogP contribution in [0.5, 0.6) is 0 Å². The van der Waals surface area contributed by atoms with Crippen molar-refractivity contribution in [2.75, 3.05) is 13.1 Å². The van der Waals surface area contributed by atoms with Gasteiger partial charge in [0.15, 0.2) is 0 Å². The van der Waals surface area contributed by atoms with Gasteiger partial charge in [0.25, 0.3) is 0 Å². The second-order valence-electron chi connectivity index (χ2n) is 3.35. The molecule has 0 aromatic carbocycles. The van der Waals surface area contributed by atoms with Gasteiger partial charge in [-0.1, -0.05) is 0 Å². The smallest absolute Gasteiger partial charge is 0.320 e. The van der Waals surface area contributed by atoms with E-state index in [2.05, 4.69) is 4.99 Å². The minimum Gasteiger partial charge on any atom is -0.480 e. The molecule has 5 N–H and O–H groups in total. The fourth-order valence-electron chi connectivity index (χ4n) is 1.28. The maximum absolute atomic E-state index is 10.4. The van der Waals surface area contributed by atoms with Gasteiger partial charge in [0, 0.05) is 6.54 Å². The lowest BCUT2D eigenvalue weighted by atomic mass is 10.1. The largest absolute Gasteiger partial charge is 0.480 e. The predicted molar refractivity (Wildman–Crippen MR) is 52.9 cm³/mol. The summed E-state index contributed by atoms with van der Waals surface area (Å²) in [5, 5.41) is 8.55. The van der Waals surface area contributed by atoms with Gasteiger partial charge >= 0.3 is 5.97 Å². The molecule has 0 spiro atoms. The van der Waals surface area contributed by atoms with Gasteiger partial charge in [-0.3, -0.25) is 9.79 Å². The first kappa shape index (κ1) is 10.9. The third kappa shape index (κ3) is 2.97. The molecule has 0 fully saturated rings. The molecule has 14 heavy (non-hydrogen) atoms. The molecule has 0 amide bonds. The summed E-state index contributed by atoms with van der Waals surface area (Å²) in [6.45, 7) is 1.57. The third-order valence-electron chi connectivity index (χ3n) is 2.23. The average Bonchev–Trinajstić information content (AvgIpc) is 2.66. The Morgan fingerprint density at radius 2 is 2.29 bits per heavy atom. The summed E-state index contributed by atoms with van der Waals surface area (Å²) in [7, 11) is 0. The van der Waals surface area contributed by atoms with E-state index < -0.39 is 12.0 Å². The number of rotatable bonds is 5. The van der Waals surface area contributed by atoms with Gasteiger partial charge < -0.3 is 21.5 Å². The molecule has 1 aliphatic rings. The van der Waals surface area contributed by atoms with Crippen molar-refractivity contribution < 1.29 is 9.90 Å². The van der Waals surface area contributed by atoms with Crippen LogP contribution < -0.4 is 11.5 Å². The molecule has 0 aromatic heterocycles. The topological polar surface area (TPSA) is 105 Å². The molecule has 80 valence electrons. The minimum atomic E-state index is -0.979. The molecule has 0 saturated carbocycles. The van der Waals surface area contributed by atoms with Crippen LogP contribution in [0, 0.1) is 0 Å². The van der Waals surface area contributed by atoms with Crippen molar-refractivity contribution >= 4 is 12.3 Å². The van der Waals surface area contributed by atoms with Gasteiger partial charge in [-0.15, -0.1) is 0 Å². The zero-order chi connectivity index (χ0) is 10.6. The minimum absolute atomic E-state index is 0.174. The molecule has 6 heteroatoms. The number of nitrogens with two attached hydrogens (primary N) is 2. The highest BCUT2D eigenvalue weighted by atomic mass is 16.4. The average molecular weight is 200 g/mol. The summed E-state index contributed by atoms with van der Waals surface area (Å²) in [5.74, 6) is -0.979. The fraction of sp³-hybridized carbons (Fsp3) is 0.750. The van der Waals surface area contributed by atoms with E-state index in [0.29, 0.717) is 12.8 Å². The molecule has 1 aliphatic heterocycles. The third-order valence-corrected chi connectivity index (χ3v) is 2.23. The van der Waals surface area contributed by atoms with Crippen molar-refractivity contribution in [1.29, 1.82) is 0 Å². The van der Waals surface area contributed by atoms with Crippen LogP contribution >= 0.6 is 0 Å². The van der Waals surface area contributed by atoms with Gasteiger partial charge in [0.2, 0.25) is 0 Å². The van der Waals surface area contributed by atoms with Gasteiger partial charge in [-0.25, -0.2) is 0 Å². The molecule has 6 nitrogen and oxygen atoms in total. The molecule has 1 rings (SSSR count). The quantitative estimate of drug-likeness (QED) is 0.517. The van der Waals surface area contributed by atoms with E-state index in [0.717, 1.165) is 13.1 Å². The summed E-state index contributed by atoms with van der Waals surface area (Å²) in [4.78, 5) is 16.3. The first-order valence-corrected chi connectivity index (χ1v) is 4.61. The highest BCUT2D eigenvalue weighted by Crippen LogP contribution is 2.05. The Balaban J connectivity index is 2.23. The van der Waals surface area contributed by atoms with Crippen molar-refractivity contribution in [2.45, 2.75) is 25.0 Å². The van der Waals surface area contributed by atoms with Gasteiger partial charge in [0.05, 0.1) is 19.0 Å². The van der Waals surface area contributed by atoms with Crippen molar-refractivity contribution in [3.05, 3.63) is 0 Å². The summed E-state index contributed by atoms with van der Waals surface area (Å²) in [6.07, 6.45) is 2.49. The van der Waals surface area contributed by atoms with Crippen molar-refractivity contribution in [3.63, 3.8) is 0 Å². The van der Waals surface area contributed by atoms with Crippen LogP contribution in [-0.4, -0.2) is 47.6 Å². The van der Waals surface area contributed by atoms with E-state index in [4.69, 9.17) is 16.6 Å². The van der Waals surface area contributed by atoms with Crippen LogP contribution in [-0.2, 0) is 4.79 Å². The molecule has 0 radical (unpaired) electrons. The molecule has 0 saturated heterocycles. The second kappa shape index (κ2) is 4.92. The number of nitrogens with zero attached hydrogens (tertiary/aromatic N) is 2. The Kier molecular flexibility index (Phi) is 3.84. The zero-order valence-electron chi connectivity index (χ0n) is 7.97. The van der Waals surface area contributed by atoms with Crippen LogP contribution in [0.3, 0.4) is 0 Å². The fourth-order valence-corrected chi connectivity index (χ4v) is 1.28. The monoisotopic (exact) mass is 200 g/mol. The van der Waals surface area contributed by atoms with E-state index >= 15 is 0 Å². The van der Waals surface area contributed by atoms with Crippen LogP contribution in [0.4, 0.5) is 0 Å². The van der Waals surface area contributed by atoms with E-state index in [-0.39, 0.29) is 6.17 Å². The lowest BCUT2D eigenvalue weighted by Crippen LogP contribution is -2.42. The van der Waals surface area contributed by atoms with Crippen molar-refractivity contribution in [3.8, 4) is 0 Å². The van der Waals surface area contributed by atoms with Crippen LogP contribution in [0.15, 0.2) is 4.99 Å². The zero-order valence-corrected chi connectivity index (χ0v) is 7.97. The number of carbonyl (C=O) groups is 1. The van der Waals surface area contributed by atoms with Gasteiger partial charge in [0.1, 0.15) is 6.04 Å². The molecule has 0 aromatic rings. The number of carboxylic acid groups (broad SMARTS) is 1. The van der Waals surface area contributed by atoms with Gasteiger partial charge in [-0.2, -0.15) is 0 Å². The Labute approximate surface area is 82.6 Å².